The largest absolute Gasteiger partial charge is 0.382 e. The third-order valence-corrected chi connectivity index (χ3v) is 2.99. The van der Waals surface area contributed by atoms with Crippen molar-refractivity contribution in [1.29, 1.82) is 0 Å². The van der Waals surface area contributed by atoms with Crippen LogP contribution in [0, 0.1) is 0 Å². The predicted octanol–water partition coefficient (Wildman–Crippen LogP) is 2.89. The van der Waals surface area contributed by atoms with Crippen molar-refractivity contribution in [3.63, 3.8) is 0 Å². The molecule has 1 aromatic carbocycles. The number of halogens is 1. The molecule has 0 saturated carbocycles. The monoisotopic (exact) mass is 301 g/mol. The fraction of sp³-hybridized carbons (Fsp3) is 0.538. The number of ether oxygens (including phenoxy) is 2. The van der Waals surface area contributed by atoms with Gasteiger partial charge >= 0.3 is 0 Å². The van der Waals surface area contributed by atoms with Gasteiger partial charge < -0.3 is 15.2 Å². The molecule has 0 aliphatic heterocycles. The van der Waals surface area contributed by atoms with Gasteiger partial charge in [0.25, 0.3) is 0 Å². The van der Waals surface area contributed by atoms with Gasteiger partial charge in [0.1, 0.15) is 0 Å². The average Bonchev–Trinajstić information content (AvgIpc) is 2.27. The molecule has 3 atom stereocenters. The standard InChI is InChI=1S/C13H20BrNO2/c1-9(8-16-3)17-13(10(2)15)11-4-6-12(14)7-5-11/h4-7,9-10,13H,8,15H2,1-3H3. The molecular formula is C13H20BrNO2. The Morgan fingerprint density at radius 3 is 2.29 bits per heavy atom. The summed E-state index contributed by atoms with van der Waals surface area (Å²) in [6, 6.07) is 7.98. The maximum absolute atomic E-state index is 5.97. The molecule has 0 radical (unpaired) electrons. The van der Waals surface area contributed by atoms with E-state index in [1.807, 2.05) is 38.1 Å². The molecule has 3 unspecified atom stereocenters. The van der Waals surface area contributed by atoms with E-state index in [0.29, 0.717) is 6.61 Å². The van der Waals surface area contributed by atoms with Crippen LogP contribution in [-0.4, -0.2) is 25.9 Å². The highest BCUT2D eigenvalue weighted by molar-refractivity contribution is 9.10. The summed E-state index contributed by atoms with van der Waals surface area (Å²) < 4.78 is 12.0. The lowest BCUT2D eigenvalue weighted by Crippen LogP contribution is -2.31. The molecule has 1 rings (SSSR count). The zero-order valence-electron chi connectivity index (χ0n) is 10.5. The van der Waals surface area contributed by atoms with E-state index < -0.39 is 0 Å². The first-order valence-electron chi connectivity index (χ1n) is 5.70. The molecule has 0 spiro atoms. The molecule has 0 aromatic heterocycles. The highest BCUT2D eigenvalue weighted by Crippen LogP contribution is 2.23. The summed E-state index contributed by atoms with van der Waals surface area (Å²) in [5.74, 6) is 0. The molecular weight excluding hydrogens is 282 g/mol. The van der Waals surface area contributed by atoms with Gasteiger partial charge in [-0.1, -0.05) is 28.1 Å². The van der Waals surface area contributed by atoms with Crippen molar-refractivity contribution in [2.75, 3.05) is 13.7 Å². The Morgan fingerprint density at radius 2 is 1.82 bits per heavy atom. The molecule has 0 aliphatic carbocycles. The number of hydrogen-bond donors (Lipinski definition) is 1. The minimum absolute atomic E-state index is 0.0275. The molecule has 17 heavy (non-hydrogen) atoms. The van der Waals surface area contributed by atoms with Crippen molar-refractivity contribution in [2.24, 2.45) is 5.73 Å². The molecule has 0 amide bonds. The van der Waals surface area contributed by atoms with Crippen LogP contribution in [0.3, 0.4) is 0 Å². The fourth-order valence-electron chi connectivity index (χ4n) is 1.68. The summed E-state index contributed by atoms with van der Waals surface area (Å²) in [5, 5.41) is 0. The topological polar surface area (TPSA) is 44.5 Å². The van der Waals surface area contributed by atoms with E-state index >= 15 is 0 Å². The fourth-order valence-corrected chi connectivity index (χ4v) is 1.95. The molecule has 0 bridgehead atoms. The minimum atomic E-state index is -0.103. The van der Waals surface area contributed by atoms with Gasteiger partial charge in [-0.05, 0) is 31.5 Å². The SMILES string of the molecule is COCC(C)OC(c1ccc(Br)cc1)C(C)N. The number of rotatable bonds is 6. The second-order valence-electron chi connectivity index (χ2n) is 4.23. The van der Waals surface area contributed by atoms with E-state index in [1.54, 1.807) is 7.11 Å². The Labute approximate surface area is 111 Å². The zero-order chi connectivity index (χ0) is 12.8. The van der Waals surface area contributed by atoms with E-state index in [0.717, 1.165) is 10.0 Å². The minimum Gasteiger partial charge on any atom is -0.382 e. The molecule has 3 nitrogen and oxygen atoms in total. The Balaban J connectivity index is 2.75. The average molecular weight is 302 g/mol. The first kappa shape index (κ1) is 14.6. The lowest BCUT2D eigenvalue weighted by Gasteiger charge is -2.25. The van der Waals surface area contributed by atoms with Crippen LogP contribution in [0.15, 0.2) is 28.7 Å². The first-order chi connectivity index (χ1) is 8.04. The normalized spacial score (nSPS) is 16.5. The summed E-state index contributed by atoms with van der Waals surface area (Å²) in [5.41, 5.74) is 7.06. The van der Waals surface area contributed by atoms with Crippen LogP contribution in [0.4, 0.5) is 0 Å². The lowest BCUT2D eigenvalue weighted by atomic mass is 10.0. The van der Waals surface area contributed by atoms with Crippen molar-refractivity contribution < 1.29 is 9.47 Å². The lowest BCUT2D eigenvalue weighted by molar-refractivity contribution is -0.0481. The van der Waals surface area contributed by atoms with Crippen LogP contribution in [0.2, 0.25) is 0 Å². The van der Waals surface area contributed by atoms with Crippen molar-refractivity contribution in [3.8, 4) is 0 Å². The van der Waals surface area contributed by atoms with Crippen molar-refractivity contribution in [2.45, 2.75) is 32.1 Å². The second kappa shape index (κ2) is 7.11. The predicted molar refractivity (Wildman–Crippen MR) is 73.0 cm³/mol. The Hall–Kier alpha value is -0.420. The summed E-state index contributed by atoms with van der Waals surface area (Å²) >= 11 is 3.42. The van der Waals surface area contributed by atoms with Gasteiger partial charge in [0, 0.05) is 17.6 Å². The Kier molecular flexibility index (Phi) is 6.12. The van der Waals surface area contributed by atoms with E-state index in [-0.39, 0.29) is 18.2 Å². The molecule has 0 saturated heterocycles. The molecule has 96 valence electrons. The van der Waals surface area contributed by atoms with Gasteiger partial charge in [0.15, 0.2) is 0 Å². The zero-order valence-corrected chi connectivity index (χ0v) is 12.1. The number of hydrogen-bond acceptors (Lipinski definition) is 3. The van der Waals surface area contributed by atoms with Crippen LogP contribution >= 0.6 is 15.9 Å². The molecule has 2 N–H and O–H groups in total. The number of nitrogens with two attached hydrogens (primary N) is 1. The first-order valence-corrected chi connectivity index (χ1v) is 6.49. The van der Waals surface area contributed by atoms with E-state index in [9.17, 15) is 0 Å². The summed E-state index contributed by atoms with van der Waals surface area (Å²) in [6.07, 6.45) is -0.0760. The highest BCUT2D eigenvalue weighted by Gasteiger charge is 2.19. The quantitative estimate of drug-likeness (QED) is 0.879. The third-order valence-electron chi connectivity index (χ3n) is 2.46. The summed E-state index contributed by atoms with van der Waals surface area (Å²) in [7, 11) is 1.67. The molecule has 0 fully saturated rings. The van der Waals surface area contributed by atoms with Crippen molar-refractivity contribution in [3.05, 3.63) is 34.3 Å². The van der Waals surface area contributed by atoms with Crippen LogP contribution in [0.25, 0.3) is 0 Å². The van der Waals surface area contributed by atoms with Gasteiger partial charge in [-0.2, -0.15) is 0 Å². The maximum Gasteiger partial charge on any atom is 0.0977 e. The molecule has 1 aromatic rings. The molecule has 4 heteroatoms. The van der Waals surface area contributed by atoms with Gasteiger partial charge in [-0.15, -0.1) is 0 Å². The second-order valence-corrected chi connectivity index (χ2v) is 5.15. The smallest absolute Gasteiger partial charge is 0.0977 e. The summed E-state index contributed by atoms with van der Waals surface area (Å²) in [4.78, 5) is 0. The van der Waals surface area contributed by atoms with Crippen LogP contribution < -0.4 is 5.73 Å². The Morgan fingerprint density at radius 1 is 1.24 bits per heavy atom. The van der Waals surface area contributed by atoms with E-state index in [2.05, 4.69) is 15.9 Å². The van der Waals surface area contributed by atoms with Crippen molar-refractivity contribution >= 4 is 15.9 Å². The third kappa shape index (κ3) is 4.76. The van der Waals surface area contributed by atoms with Crippen molar-refractivity contribution in [1.82, 2.24) is 0 Å². The van der Waals surface area contributed by atoms with Gasteiger partial charge in [0.05, 0.1) is 18.8 Å². The number of methoxy groups -OCH3 is 1. The maximum atomic E-state index is 5.97. The molecule has 0 heterocycles. The van der Waals surface area contributed by atoms with Gasteiger partial charge in [-0.3, -0.25) is 0 Å². The van der Waals surface area contributed by atoms with E-state index in [1.165, 1.54) is 0 Å². The van der Waals surface area contributed by atoms with Crippen LogP contribution in [0.1, 0.15) is 25.5 Å². The number of benzene rings is 1. The highest BCUT2D eigenvalue weighted by atomic mass is 79.9. The molecule has 0 aliphatic rings. The van der Waals surface area contributed by atoms with E-state index in [4.69, 9.17) is 15.2 Å². The van der Waals surface area contributed by atoms with Crippen LogP contribution in [0.5, 0.6) is 0 Å². The van der Waals surface area contributed by atoms with Crippen LogP contribution in [-0.2, 0) is 9.47 Å². The Bertz CT molecular complexity index is 327. The van der Waals surface area contributed by atoms with Gasteiger partial charge in [-0.25, -0.2) is 0 Å². The van der Waals surface area contributed by atoms with Gasteiger partial charge in [0.2, 0.25) is 0 Å². The summed E-state index contributed by atoms with van der Waals surface area (Å²) in [6.45, 7) is 4.50.